The van der Waals surface area contributed by atoms with E-state index in [-0.39, 0.29) is 12.0 Å². The molecule has 1 saturated carbocycles. The average Bonchev–Trinajstić information content (AvgIpc) is 2.48. The van der Waals surface area contributed by atoms with Crippen molar-refractivity contribution in [1.29, 1.82) is 0 Å². The van der Waals surface area contributed by atoms with Crippen molar-refractivity contribution in [3.05, 3.63) is 35.9 Å². The van der Waals surface area contributed by atoms with E-state index >= 15 is 0 Å². The number of nitrogens with one attached hydrogen (secondary N) is 1. The number of nitrogens with zero attached hydrogens (tertiary/aromatic N) is 2. The van der Waals surface area contributed by atoms with Gasteiger partial charge in [-0.15, -0.1) is 0 Å². The van der Waals surface area contributed by atoms with Gasteiger partial charge in [0.2, 0.25) is 0 Å². The van der Waals surface area contributed by atoms with Gasteiger partial charge in [0.05, 0.1) is 12.6 Å². The molecule has 114 valence electrons. The molecule has 1 aliphatic rings. The van der Waals surface area contributed by atoms with Crippen LogP contribution in [0.25, 0.3) is 0 Å². The molecule has 21 heavy (non-hydrogen) atoms. The van der Waals surface area contributed by atoms with Gasteiger partial charge < -0.3 is 17.2 Å². The highest BCUT2D eigenvalue weighted by molar-refractivity contribution is 5.97. The van der Waals surface area contributed by atoms with Crippen molar-refractivity contribution >= 4 is 11.9 Å². The van der Waals surface area contributed by atoms with Crippen LogP contribution in [0.5, 0.6) is 0 Å². The van der Waals surface area contributed by atoms with Crippen molar-refractivity contribution < 1.29 is 0 Å². The van der Waals surface area contributed by atoms with Crippen LogP contribution in [-0.2, 0) is 6.54 Å². The summed E-state index contributed by atoms with van der Waals surface area (Å²) in [5.41, 5.74) is 18.6. The Labute approximate surface area is 125 Å². The van der Waals surface area contributed by atoms with Gasteiger partial charge in [-0.05, 0) is 31.2 Å². The Morgan fingerprint density at radius 1 is 1.05 bits per heavy atom. The highest BCUT2D eigenvalue weighted by Crippen LogP contribution is 2.19. The summed E-state index contributed by atoms with van der Waals surface area (Å²) in [5, 5.41) is 2.83. The zero-order chi connectivity index (χ0) is 15.1. The maximum Gasteiger partial charge on any atom is 0.195 e. The van der Waals surface area contributed by atoms with Crippen LogP contribution in [0.2, 0.25) is 0 Å². The van der Waals surface area contributed by atoms with Gasteiger partial charge in [0.1, 0.15) is 0 Å². The van der Waals surface area contributed by atoms with E-state index in [1.54, 1.807) is 0 Å². The van der Waals surface area contributed by atoms with Crippen molar-refractivity contribution in [2.24, 2.45) is 27.2 Å². The molecule has 6 nitrogen and oxygen atoms in total. The van der Waals surface area contributed by atoms with Crippen LogP contribution < -0.4 is 22.5 Å². The molecule has 0 unspecified atom stereocenters. The zero-order valence-corrected chi connectivity index (χ0v) is 12.2. The fraction of sp³-hybridized carbons (Fsp3) is 0.467. The molecular weight excluding hydrogens is 264 g/mol. The summed E-state index contributed by atoms with van der Waals surface area (Å²) in [5.74, 6) is 0.609. The van der Waals surface area contributed by atoms with E-state index in [0.29, 0.717) is 18.5 Å². The fourth-order valence-corrected chi connectivity index (χ4v) is 2.39. The lowest BCUT2D eigenvalue weighted by atomic mass is 9.92. The largest absolute Gasteiger partial charge is 0.370 e. The van der Waals surface area contributed by atoms with Crippen molar-refractivity contribution in [3.63, 3.8) is 0 Å². The van der Waals surface area contributed by atoms with Crippen LogP contribution in [-0.4, -0.2) is 24.0 Å². The summed E-state index contributed by atoms with van der Waals surface area (Å²) in [4.78, 5) is 8.67. The van der Waals surface area contributed by atoms with E-state index < -0.39 is 0 Å². The van der Waals surface area contributed by atoms with Crippen LogP contribution in [0.15, 0.2) is 40.3 Å². The van der Waals surface area contributed by atoms with Gasteiger partial charge in [-0.25, -0.2) is 9.98 Å². The number of nitrogens with two attached hydrogens (primary N) is 3. The molecule has 1 aliphatic carbocycles. The summed E-state index contributed by atoms with van der Waals surface area (Å²) >= 11 is 0. The number of hydrogen-bond acceptors (Lipinski definition) is 3. The first-order valence-electron chi connectivity index (χ1n) is 7.33. The first-order chi connectivity index (χ1) is 10.1. The van der Waals surface area contributed by atoms with Crippen molar-refractivity contribution in [1.82, 2.24) is 5.32 Å². The minimum atomic E-state index is 0.235. The van der Waals surface area contributed by atoms with Gasteiger partial charge in [0.15, 0.2) is 11.9 Å². The quantitative estimate of drug-likeness (QED) is 0.483. The topological polar surface area (TPSA) is 115 Å². The molecular formula is C15H24N6. The number of benzene rings is 1. The monoisotopic (exact) mass is 288 g/mol. The lowest BCUT2D eigenvalue weighted by Gasteiger charge is -2.23. The Bertz CT molecular complexity index is 488. The zero-order valence-electron chi connectivity index (χ0n) is 12.2. The lowest BCUT2D eigenvalue weighted by molar-refractivity contribution is 0.396. The van der Waals surface area contributed by atoms with E-state index in [4.69, 9.17) is 17.2 Å². The number of aliphatic imine (C=N–C) groups is 2. The lowest BCUT2D eigenvalue weighted by Crippen LogP contribution is -2.42. The molecule has 0 radical (unpaired) electrons. The smallest absolute Gasteiger partial charge is 0.195 e. The van der Waals surface area contributed by atoms with Crippen molar-refractivity contribution in [2.45, 2.75) is 44.3 Å². The summed E-state index contributed by atoms with van der Waals surface area (Å²) in [6, 6.07) is 10.5. The molecule has 0 heterocycles. The SMILES string of the molecule is NC(=NCc1ccccc1)NC(N)=NC1CCC(N)CC1. The second-order valence-corrected chi connectivity index (χ2v) is 5.40. The third kappa shape index (κ3) is 5.43. The Hall–Kier alpha value is -2.08. The number of hydrogen-bond donors (Lipinski definition) is 4. The highest BCUT2D eigenvalue weighted by Gasteiger charge is 2.17. The van der Waals surface area contributed by atoms with E-state index in [0.717, 1.165) is 31.2 Å². The molecule has 0 saturated heterocycles. The van der Waals surface area contributed by atoms with Crippen LogP contribution in [0.1, 0.15) is 31.2 Å². The molecule has 1 aromatic rings. The first-order valence-corrected chi connectivity index (χ1v) is 7.33. The minimum absolute atomic E-state index is 0.235. The van der Waals surface area contributed by atoms with Gasteiger partial charge in [-0.2, -0.15) is 0 Å². The Kier molecular flexibility index (Phi) is 5.57. The van der Waals surface area contributed by atoms with Crippen LogP contribution in [0.4, 0.5) is 0 Å². The summed E-state index contributed by atoms with van der Waals surface area (Å²) in [6.07, 6.45) is 3.95. The molecule has 1 fully saturated rings. The Balaban J connectivity index is 1.82. The van der Waals surface area contributed by atoms with Gasteiger partial charge in [0.25, 0.3) is 0 Å². The summed E-state index contributed by atoms with van der Waals surface area (Å²) in [6.45, 7) is 0.519. The molecule has 7 N–H and O–H groups in total. The molecule has 0 bridgehead atoms. The third-order valence-corrected chi connectivity index (χ3v) is 3.59. The van der Waals surface area contributed by atoms with Crippen LogP contribution in [0, 0.1) is 0 Å². The molecule has 0 spiro atoms. The Morgan fingerprint density at radius 2 is 1.71 bits per heavy atom. The maximum atomic E-state index is 5.87. The van der Waals surface area contributed by atoms with Gasteiger partial charge in [-0.1, -0.05) is 30.3 Å². The second-order valence-electron chi connectivity index (χ2n) is 5.40. The third-order valence-electron chi connectivity index (χ3n) is 3.59. The number of guanidine groups is 2. The fourth-order valence-electron chi connectivity index (χ4n) is 2.39. The van der Waals surface area contributed by atoms with Gasteiger partial charge in [-0.3, -0.25) is 5.32 Å². The average molecular weight is 288 g/mol. The molecule has 0 aromatic heterocycles. The van der Waals surface area contributed by atoms with Crippen molar-refractivity contribution in [3.8, 4) is 0 Å². The Morgan fingerprint density at radius 3 is 2.38 bits per heavy atom. The molecule has 0 atom stereocenters. The summed E-state index contributed by atoms with van der Waals surface area (Å²) < 4.78 is 0. The predicted octanol–water partition coefficient (Wildman–Crippen LogP) is 0.676. The van der Waals surface area contributed by atoms with Gasteiger partial charge in [0, 0.05) is 6.04 Å². The minimum Gasteiger partial charge on any atom is -0.370 e. The maximum absolute atomic E-state index is 5.87. The van der Waals surface area contributed by atoms with E-state index in [1.807, 2.05) is 30.3 Å². The normalized spacial score (nSPS) is 23.9. The second kappa shape index (κ2) is 7.64. The van der Waals surface area contributed by atoms with E-state index in [1.165, 1.54) is 0 Å². The molecule has 6 heteroatoms. The first kappa shape index (κ1) is 15.3. The van der Waals surface area contributed by atoms with Crippen LogP contribution in [0.3, 0.4) is 0 Å². The summed E-state index contributed by atoms with van der Waals surface area (Å²) in [7, 11) is 0. The van der Waals surface area contributed by atoms with Crippen molar-refractivity contribution in [2.75, 3.05) is 0 Å². The molecule has 0 aliphatic heterocycles. The highest BCUT2D eigenvalue weighted by atomic mass is 15.2. The van der Waals surface area contributed by atoms with E-state index in [9.17, 15) is 0 Å². The predicted molar refractivity (Wildman–Crippen MR) is 86.8 cm³/mol. The standard InChI is InChI=1S/C15H24N6/c16-12-6-8-13(9-7-12)20-15(18)21-14(17)19-10-11-4-2-1-3-5-11/h1-5,12-13H,6-10,16H2,(H5,17,18,19,20,21). The number of rotatable bonds is 3. The molecule has 2 rings (SSSR count). The molecule has 1 aromatic carbocycles. The van der Waals surface area contributed by atoms with Crippen LogP contribution >= 0.6 is 0 Å². The molecule has 0 amide bonds. The van der Waals surface area contributed by atoms with Gasteiger partial charge >= 0.3 is 0 Å². The van der Waals surface area contributed by atoms with E-state index in [2.05, 4.69) is 15.3 Å².